The molecule has 4 rings (SSSR count). The Hall–Kier alpha value is -1.47. The zero-order chi connectivity index (χ0) is 30.4. The molecule has 1 N–H and O–H groups in total. The van der Waals surface area contributed by atoms with Crippen molar-refractivity contribution in [2.75, 3.05) is 12.4 Å². The number of rotatable bonds is 14. The number of hydrogen-bond acceptors (Lipinski definition) is 5. The summed E-state index contributed by atoms with van der Waals surface area (Å²) >= 11 is 0. The van der Waals surface area contributed by atoms with Gasteiger partial charge in [-0.1, -0.05) is 65.5 Å². The van der Waals surface area contributed by atoms with E-state index in [0.717, 1.165) is 69.8 Å². The first-order valence-electron chi connectivity index (χ1n) is 16.6. The lowest BCUT2D eigenvalue weighted by Crippen LogP contribution is -2.37. The van der Waals surface area contributed by atoms with E-state index in [4.69, 9.17) is 9.47 Å². The van der Waals surface area contributed by atoms with Crippen LogP contribution in [-0.4, -0.2) is 50.3 Å². The first-order chi connectivity index (χ1) is 20.0. The summed E-state index contributed by atoms with van der Waals surface area (Å²) in [5, 5.41) is 9.18. The molecule has 0 amide bonds. The van der Waals surface area contributed by atoms with E-state index in [1.807, 2.05) is 18.2 Å². The Kier molecular flexibility index (Phi) is 11.9. The number of hydrogen-bond donors (Lipinski definition) is 1. The molecule has 2 aliphatic heterocycles. The Bertz CT molecular complexity index is 1130. The van der Waals surface area contributed by atoms with Crippen LogP contribution < -0.4 is 0 Å². The Labute approximate surface area is 256 Å². The van der Waals surface area contributed by atoms with Gasteiger partial charge in [-0.15, -0.1) is 0 Å². The molecule has 6 heteroatoms. The smallest absolute Gasteiger partial charge is 0.178 e. The summed E-state index contributed by atoms with van der Waals surface area (Å²) in [6.07, 6.45) is 9.91. The van der Waals surface area contributed by atoms with Crippen LogP contribution in [0.4, 0.5) is 0 Å². The molecule has 0 aromatic heterocycles. The third-order valence-corrected chi connectivity index (χ3v) is 12.6. The van der Waals surface area contributed by atoms with Gasteiger partial charge < -0.3 is 14.6 Å². The molecule has 3 fully saturated rings. The average Bonchev–Trinajstić information content (AvgIpc) is 3.46. The topological polar surface area (TPSA) is 72.8 Å². The van der Waals surface area contributed by atoms with Crippen molar-refractivity contribution < 1.29 is 23.0 Å². The van der Waals surface area contributed by atoms with Gasteiger partial charge in [0.25, 0.3) is 0 Å². The molecule has 2 unspecified atom stereocenters. The SMILES string of the molecule is C=C1C[C@H](CCCO)OC1CC[C@H]1C[C@@H](C)C(=C)[C@@H](CC2C[C@H](C[C@H](C)CC)[C@H](C)[C@H]2CS(=O)(=O)c2ccccc2)O1. The molecule has 1 aromatic rings. The second-order valence-corrected chi connectivity index (χ2v) is 15.9. The van der Waals surface area contributed by atoms with E-state index >= 15 is 0 Å². The summed E-state index contributed by atoms with van der Waals surface area (Å²) in [6, 6.07) is 8.97. The van der Waals surface area contributed by atoms with E-state index in [2.05, 4.69) is 40.9 Å². The van der Waals surface area contributed by atoms with Crippen LogP contribution >= 0.6 is 0 Å². The van der Waals surface area contributed by atoms with Crippen molar-refractivity contribution in [3.05, 3.63) is 54.6 Å². The second-order valence-electron chi connectivity index (χ2n) is 13.9. The Morgan fingerprint density at radius 1 is 0.976 bits per heavy atom. The minimum atomic E-state index is -3.38. The van der Waals surface area contributed by atoms with Gasteiger partial charge in [0, 0.05) is 6.61 Å². The van der Waals surface area contributed by atoms with Gasteiger partial charge in [0.05, 0.1) is 35.1 Å². The molecule has 0 spiro atoms. The summed E-state index contributed by atoms with van der Waals surface area (Å²) in [6.45, 7) is 18.1. The highest BCUT2D eigenvalue weighted by Crippen LogP contribution is 2.49. The van der Waals surface area contributed by atoms with Crippen molar-refractivity contribution in [1.82, 2.24) is 0 Å². The van der Waals surface area contributed by atoms with E-state index in [0.29, 0.717) is 34.5 Å². The normalized spacial score (nSPS) is 34.6. The van der Waals surface area contributed by atoms with Gasteiger partial charge in [-0.3, -0.25) is 0 Å². The largest absolute Gasteiger partial charge is 0.396 e. The van der Waals surface area contributed by atoms with Crippen LogP contribution in [0, 0.1) is 35.5 Å². The zero-order valence-corrected chi connectivity index (χ0v) is 27.4. The molecule has 10 atom stereocenters. The number of aliphatic hydroxyl groups is 1. The number of benzene rings is 1. The molecular weight excluding hydrogens is 544 g/mol. The third kappa shape index (κ3) is 8.37. The molecule has 5 nitrogen and oxygen atoms in total. The van der Waals surface area contributed by atoms with Gasteiger partial charge in [0.1, 0.15) is 0 Å². The van der Waals surface area contributed by atoms with Gasteiger partial charge in [-0.2, -0.15) is 0 Å². The van der Waals surface area contributed by atoms with Gasteiger partial charge in [0.2, 0.25) is 0 Å². The van der Waals surface area contributed by atoms with E-state index in [1.165, 1.54) is 5.57 Å². The first-order valence-corrected chi connectivity index (χ1v) is 18.2. The van der Waals surface area contributed by atoms with Crippen LogP contribution in [0.1, 0.15) is 91.9 Å². The molecule has 2 saturated heterocycles. The number of sulfone groups is 1. The average molecular weight is 601 g/mol. The Morgan fingerprint density at radius 2 is 1.69 bits per heavy atom. The van der Waals surface area contributed by atoms with E-state index in [9.17, 15) is 13.5 Å². The molecule has 0 radical (unpaired) electrons. The maximum Gasteiger partial charge on any atom is 0.178 e. The highest BCUT2D eigenvalue weighted by Gasteiger charge is 2.45. The van der Waals surface area contributed by atoms with Crippen LogP contribution in [0.3, 0.4) is 0 Å². The van der Waals surface area contributed by atoms with Gasteiger partial charge in [0.15, 0.2) is 9.84 Å². The van der Waals surface area contributed by atoms with Gasteiger partial charge >= 0.3 is 0 Å². The zero-order valence-electron chi connectivity index (χ0n) is 26.5. The van der Waals surface area contributed by atoms with Crippen LogP contribution in [0.15, 0.2) is 59.5 Å². The fourth-order valence-electron chi connectivity index (χ4n) is 7.89. The second kappa shape index (κ2) is 15.0. The molecule has 42 heavy (non-hydrogen) atoms. The summed E-state index contributed by atoms with van der Waals surface area (Å²) in [5.74, 6) is 2.53. The van der Waals surface area contributed by atoms with Gasteiger partial charge in [-0.05, 0) is 117 Å². The minimum Gasteiger partial charge on any atom is -0.396 e. The van der Waals surface area contributed by atoms with Crippen molar-refractivity contribution in [2.24, 2.45) is 35.5 Å². The lowest BCUT2D eigenvalue weighted by atomic mass is 9.81. The fourth-order valence-corrected chi connectivity index (χ4v) is 9.74. The van der Waals surface area contributed by atoms with Crippen molar-refractivity contribution >= 4 is 9.84 Å². The summed E-state index contributed by atoms with van der Waals surface area (Å²) in [4.78, 5) is 0.433. The maximum atomic E-state index is 13.6. The maximum absolute atomic E-state index is 13.6. The highest BCUT2D eigenvalue weighted by molar-refractivity contribution is 7.91. The standard InChI is InChI=1S/C36H56O5S/c1-7-24(2)18-29-21-30(34(28(29)6)23-42(38,39)33-13-9-8-10-14-33)22-36-27(5)25(3)19-32(41-36)15-16-35-26(4)20-31(40-35)12-11-17-37/h8-10,13-14,24-25,28-32,34-37H,4-5,7,11-12,15-23H2,1-3,6H3/t24-,25-,28+,29+,30?,31+,32+,34-,35?,36-/m1/s1. The van der Waals surface area contributed by atoms with E-state index in [1.54, 1.807) is 12.1 Å². The first kappa shape index (κ1) is 33.4. The Morgan fingerprint density at radius 3 is 2.38 bits per heavy atom. The molecule has 0 bridgehead atoms. The fraction of sp³-hybridized carbons (Fsp3) is 0.722. The van der Waals surface area contributed by atoms with Crippen molar-refractivity contribution in [3.8, 4) is 0 Å². The molecule has 1 aromatic carbocycles. The number of ether oxygens (including phenoxy) is 2. The minimum absolute atomic E-state index is 0.0368. The van der Waals surface area contributed by atoms with E-state index in [-0.39, 0.29) is 42.7 Å². The van der Waals surface area contributed by atoms with Crippen molar-refractivity contribution in [3.63, 3.8) is 0 Å². The van der Waals surface area contributed by atoms with Gasteiger partial charge in [-0.25, -0.2) is 8.42 Å². The summed E-state index contributed by atoms with van der Waals surface area (Å²) in [7, 11) is -3.38. The third-order valence-electron chi connectivity index (χ3n) is 10.8. The van der Waals surface area contributed by atoms with Crippen LogP contribution in [0.2, 0.25) is 0 Å². The molecular formula is C36H56O5S. The molecule has 2 heterocycles. The monoisotopic (exact) mass is 600 g/mol. The molecule has 3 aliphatic rings. The molecule has 1 saturated carbocycles. The van der Waals surface area contributed by atoms with Crippen LogP contribution in [0.5, 0.6) is 0 Å². The quantitative estimate of drug-likeness (QED) is 0.221. The van der Waals surface area contributed by atoms with Crippen LogP contribution in [0.25, 0.3) is 0 Å². The summed E-state index contributed by atoms with van der Waals surface area (Å²) < 4.78 is 40.2. The molecule has 236 valence electrons. The highest BCUT2D eigenvalue weighted by atomic mass is 32.2. The predicted molar refractivity (Wildman–Crippen MR) is 171 cm³/mol. The predicted octanol–water partition coefficient (Wildman–Crippen LogP) is 7.79. The molecule has 1 aliphatic carbocycles. The van der Waals surface area contributed by atoms with Crippen molar-refractivity contribution in [1.29, 1.82) is 0 Å². The lowest BCUT2D eigenvalue weighted by Gasteiger charge is -2.38. The Balaban J connectivity index is 1.43. The number of aliphatic hydroxyl groups excluding tert-OH is 1. The van der Waals surface area contributed by atoms with E-state index < -0.39 is 9.84 Å². The lowest BCUT2D eigenvalue weighted by molar-refractivity contribution is -0.0548. The van der Waals surface area contributed by atoms with Crippen LogP contribution in [-0.2, 0) is 19.3 Å². The summed E-state index contributed by atoms with van der Waals surface area (Å²) in [5.41, 5.74) is 2.33. The van der Waals surface area contributed by atoms with Crippen molar-refractivity contribution in [2.45, 2.75) is 121 Å².